The fourth-order valence-electron chi connectivity index (χ4n) is 1.63. The topological polar surface area (TPSA) is 60.2 Å². The highest BCUT2D eigenvalue weighted by atomic mass is 35.5. The van der Waals surface area contributed by atoms with Crippen molar-refractivity contribution in [3.63, 3.8) is 0 Å². The molecule has 0 heterocycles. The predicted molar refractivity (Wildman–Crippen MR) is 74.7 cm³/mol. The van der Waals surface area contributed by atoms with E-state index in [1.165, 1.54) is 18.2 Å². The van der Waals surface area contributed by atoms with Gasteiger partial charge >= 0.3 is 0 Å². The fraction of sp³-hybridized carbons (Fsp3) is 0.0769. The van der Waals surface area contributed by atoms with E-state index in [2.05, 4.69) is 0 Å². The second-order valence-electron chi connectivity index (χ2n) is 3.84. The van der Waals surface area contributed by atoms with E-state index in [4.69, 9.17) is 11.6 Å². The van der Waals surface area contributed by atoms with Crippen molar-refractivity contribution in [3.8, 4) is 0 Å². The molecule has 0 saturated heterocycles. The average Bonchev–Trinajstić information content (AvgIpc) is 2.39. The van der Waals surface area contributed by atoms with Crippen molar-refractivity contribution in [1.82, 2.24) is 0 Å². The van der Waals surface area contributed by atoms with E-state index >= 15 is 0 Å². The third-order valence-corrected chi connectivity index (χ3v) is 4.17. The Bertz CT molecular complexity index is 631. The van der Waals surface area contributed by atoms with E-state index in [1.54, 1.807) is 0 Å². The SMILES string of the molecule is O=[N+]([O-])c1cc(Cl)ccc1S(=O)Cc1ccccc1. The minimum Gasteiger partial charge on any atom is -0.258 e. The summed E-state index contributed by atoms with van der Waals surface area (Å²) in [7, 11) is -1.48. The Morgan fingerprint density at radius 1 is 1.16 bits per heavy atom. The molecule has 1 atom stereocenters. The molecule has 0 spiro atoms. The Morgan fingerprint density at radius 3 is 2.47 bits per heavy atom. The largest absolute Gasteiger partial charge is 0.286 e. The van der Waals surface area contributed by atoms with Gasteiger partial charge in [0.15, 0.2) is 0 Å². The van der Waals surface area contributed by atoms with Crippen molar-refractivity contribution < 1.29 is 9.13 Å². The molecule has 19 heavy (non-hydrogen) atoms. The number of rotatable bonds is 4. The fourth-order valence-corrected chi connectivity index (χ4v) is 3.03. The van der Waals surface area contributed by atoms with Gasteiger partial charge < -0.3 is 0 Å². The normalized spacial score (nSPS) is 12.1. The molecule has 0 fully saturated rings. The average molecular weight is 296 g/mol. The third kappa shape index (κ3) is 3.39. The molecule has 0 aliphatic carbocycles. The molecule has 0 saturated carbocycles. The first-order valence-electron chi connectivity index (χ1n) is 5.44. The summed E-state index contributed by atoms with van der Waals surface area (Å²) in [6.45, 7) is 0. The molecular formula is C13H10ClNO3S. The van der Waals surface area contributed by atoms with Gasteiger partial charge in [0.1, 0.15) is 4.90 Å². The summed E-state index contributed by atoms with van der Waals surface area (Å²) >= 11 is 5.72. The number of nitro benzene ring substituents is 1. The maximum absolute atomic E-state index is 12.2. The van der Waals surface area contributed by atoms with Gasteiger partial charge in [0, 0.05) is 11.1 Å². The van der Waals surface area contributed by atoms with Crippen molar-refractivity contribution in [2.24, 2.45) is 0 Å². The van der Waals surface area contributed by atoms with Crippen molar-refractivity contribution in [2.75, 3.05) is 0 Å². The van der Waals surface area contributed by atoms with E-state index in [9.17, 15) is 14.3 Å². The molecule has 1 unspecified atom stereocenters. The molecule has 0 N–H and O–H groups in total. The molecular weight excluding hydrogens is 286 g/mol. The van der Waals surface area contributed by atoms with Crippen LogP contribution in [0.4, 0.5) is 5.69 Å². The molecule has 0 bridgehead atoms. The first-order chi connectivity index (χ1) is 9.08. The zero-order valence-corrected chi connectivity index (χ0v) is 11.4. The second-order valence-corrected chi connectivity index (χ2v) is 5.70. The Balaban J connectivity index is 2.31. The van der Waals surface area contributed by atoms with E-state index in [1.807, 2.05) is 30.3 Å². The lowest BCUT2D eigenvalue weighted by Gasteiger charge is -2.04. The standard InChI is InChI=1S/C13H10ClNO3S/c14-11-6-7-13(12(8-11)15(16)17)19(18)9-10-4-2-1-3-5-10/h1-8H,9H2. The van der Waals surface area contributed by atoms with Gasteiger partial charge in [-0.2, -0.15) is 0 Å². The molecule has 0 aliphatic rings. The van der Waals surface area contributed by atoms with E-state index in [0.717, 1.165) is 5.56 Å². The van der Waals surface area contributed by atoms with Crippen LogP contribution in [0.3, 0.4) is 0 Å². The summed E-state index contributed by atoms with van der Waals surface area (Å²) in [5.41, 5.74) is 0.659. The molecule has 98 valence electrons. The Hall–Kier alpha value is -1.72. The van der Waals surface area contributed by atoms with Gasteiger partial charge in [-0.1, -0.05) is 41.9 Å². The maximum Gasteiger partial charge on any atom is 0.286 e. The maximum atomic E-state index is 12.2. The van der Waals surface area contributed by atoms with Crippen LogP contribution in [-0.4, -0.2) is 9.13 Å². The molecule has 4 nitrogen and oxygen atoms in total. The summed E-state index contributed by atoms with van der Waals surface area (Å²) < 4.78 is 12.2. The highest BCUT2D eigenvalue weighted by Crippen LogP contribution is 2.27. The lowest BCUT2D eigenvalue weighted by atomic mass is 10.2. The van der Waals surface area contributed by atoms with Crippen LogP contribution < -0.4 is 0 Å². The predicted octanol–water partition coefficient (Wildman–Crippen LogP) is 3.56. The lowest BCUT2D eigenvalue weighted by molar-refractivity contribution is -0.387. The highest BCUT2D eigenvalue weighted by molar-refractivity contribution is 7.84. The number of halogens is 1. The molecule has 2 aromatic carbocycles. The summed E-state index contributed by atoms with van der Waals surface area (Å²) in [6.07, 6.45) is 0. The van der Waals surface area contributed by atoms with Crippen LogP contribution in [0.1, 0.15) is 5.56 Å². The van der Waals surface area contributed by atoms with Gasteiger partial charge in [-0.05, 0) is 17.7 Å². The Morgan fingerprint density at radius 2 is 1.84 bits per heavy atom. The molecule has 0 aliphatic heterocycles. The minimum atomic E-state index is -1.48. The zero-order valence-electron chi connectivity index (χ0n) is 9.78. The van der Waals surface area contributed by atoms with Crippen molar-refractivity contribution >= 4 is 28.1 Å². The van der Waals surface area contributed by atoms with Gasteiger partial charge in [0.2, 0.25) is 0 Å². The highest BCUT2D eigenvalue weighted by Gasteiger charge is 2.19. The lowest BCUT2D eigenvalue weighted by Crippen LogP contribution is -2.01. The molecule has 2 rings (SSSR count). The van der Waals surface area contributed by atoms with Crippen LogP contribution in [-0.2, 0) is 16.6 Å². The van der Waals surface area contributed by atoms with Gasteiger partial charge in [-0.25, -0.2) is 0 Å². The summed E-state index contributed by atoms with van der Waals surface area (Å²) in [4.78, 5) is 10.6. The second kappa shape index (κ2) is 5.95. The summed E-state index contributed by atoms with van der Waals surface area (Å²) in [5.74, 6) is 0.239. The van der Waals surface area contributed by atoms with Gasteiger partial charge in [0.05, 0.1) is 21.5 Å². The van der Waals surface area contributed by atoms with Crippen LogP contribution in [0.5, 0.6) is 0 Å². The van der Waals surface area contributed by atoms with Gasteiger partial charge in [0.25, 0.3) is 5.69 Å². The van der Waals surface area contributed by atoms with Crippen molar-refractivity contribution in [3.05, 3.63) is 69.2 Å². The number of hydrogen-bond donors (Lipinski definition) is 0. The van der Waals surface area contributed by atoms with Crippen LogP contribution in [0.15, 0.2) is 53.4 Å². The van der Waals surface area contributed by atoms with Crippen LogP contribution in [0.2, 0.25) is 5.02 Å². The first-order valence-corrected chi connectivity index (χ1v) is 7.14. The first kappa shape index (κ1) is 13.7. The smallest absolute Gasteiger partial charge is 0.258 e. The van der Waals surface area contributed by atoms with Crippen molar-refractivity contribution in [1.29, 1.82) is 0 Å². The van der Waals surface area contributed by atoms with Crippen LogP contribution in [0.25, 0.3) is 0 Å². The van der Waals surface area contributed by atoms with Crippen LogP contribution in [0, 0.1) is 10.1 Å². The molecule has 0 aromatic heterocycles. The third-order valence-electron chi connectivity index (χ3n) is 2.50. The van der Waals surface area contributed by atoms with E-state index < -0.39 is 15.7 Å². The monoisotopic (exact) mass is 295 g/mol. The van der Waals surface area contributed by atoms with E-state index in [-0.39, 0.29) is 21.4 Å². The minimum absolute atomic E-state index is 0.193. The Kier molecular flexibility index (Phi) is 4.29. The zero-order chi connectivity index (χ0) is 13.8. The number of nitrogens with zero attached hydrogens (tertiary/aromatic N) is 1. The number of hydrogen-bond acceptors (Lipinski definition) is 3. The number of benzene rings is 2. The number of nitro groups is 1. The summed E-state index contributed by atoms with van der Waals surface area (Å²) in [5, 5.41) is 11.2. The quantitative estimate of drug-likeness (QED) is 0.640. The molecule has 6 heteroatoms. The molecule has 0 radical (unpaired) electrons. The molecule has 0 amide bonds. The van der Waals surface area contributed by atoms with Crippen molar-refractivity contribution in [2.45, 2.75) is 10.6 Å². The van der Waals surface area contributed by atoms with E-state index in [0.29, 0.717) is 0 Å². The molecule has 2 aromatic rings. The van der Waals surface area contributed by atoms with Gasteiger partial charge in [-0.3, -0.25) is 14.3 Å². The van der Waals surface area contributed by atoms with Crippen LogP contribution >= 0.6 is 11.6 Å². The Labute approximate surface area is 117 Å². The van der Waals surface area contributed by atoms with Gasteiger partial charge in [-0.15, -0.1) is 0 Å². The summed E-state index contributed by atoms with van der Waals surface area (Å²) in [6, 6.07) is 13.4.